The maximum absolute atomic E-state index is 5.30. The third-order valence-corrected chi connectivity index (χ3v) is 3.02. The lowest BCUT2D eigenvalue weighted by molar-refractivity contribution is -0.171. The van der Waals surface area contributed by atoms with Crippen LogP contribution < -0.4 is 0 Å². The van der Waals surface area contributed by atoms with Crippen LogP contribution in [0.15, 0.2) is 0 Å². The van der Waals surface area contributed by atoms with Crippen molar-refractivity contribution < 1.29 is 4.74 Å². The molecule has 3 heteroatoms. The monoisotopic (exact) mass is 170 g/mol. The molecule has 0 unspecified atom stereocenters. The highest BCUT2D eigenvalue weighted by Gasteiger charge is 2.42. The van der Waals surface area contributed by atoms with E-state index in [0.717, 1.165) is 13.2 Å². The van der Waals surface area contributed by atoms with Gasteiger partial charge in [-0.25, -0.2) is 10.0 Å². The molecular weight excluding hydrogens is 152 g/mol. The van der Waals surface area contributed by atoms with E-state index in [1.165, 1.54) is 25.9 Å². The third-order valence-electron chi connectivity index (χ3n) is 3.02. The summed E-state index contributed by atoms with van der Waals surface area (Å²) in [6, 6.07) is 0. The van der Waals surface area contributed by atoms with Crippen LogP contribution in [0.5, 0.6) is 0 Å². The molecule has 0 radical (unpaired) electrons. The van der Waals surface area contributed by atoms with Crippen molar-refractivity contribution in [1.82, 2.24) is 10.0 Å². The van der Waals surface area contributed by atoms with Crippen molar-refractivity contribution in [3.05, 3.63) is 0 Å². The molecule has 0 aromatic rings. The van der Waals surface area contributed by atoms with Crippen molar-refractivity contribution in [2.24, 2.45) is 5.41 Å². The molecule has 1 spiro atoms. The molecule has 2 aliphatic rings. The van der Waals surface area contributed by atoms with Crippen molar-refractivity contribution in [2.45, 2.75) is 12.8 Å². The Morgan fingerprint density at radius 1 is 1.33 bits per heavy atom. The van der Waals surface area contributed by atoms with Crippen LogP contribution in [0.25, 0.3) is 0 Å². The van der Waals surface area contributed by atoms with Crippen LogP contribution >= 0.6 is 0 Å². The summed E-state index contributed by atoms with van der Waals surface area (Å²) in [4.78, 5) is 0. The third kappa shape index (κ3) is 1.37. The van der Waals surface area contributed by atoms with Gasteiger partial charge in [0.05, 0.1) is 13.2 Å². The first-order chi connectivity index (χ1) is 5.72. The Hall–Kier alpha value is -0.120. The summed E-state index contributed by atoms with van der Waals surface area (Å²) in [5.74, 6) is 0. The van der Waals surface area contributed by atoms with E-state index < -0.39 is 0 Å². The Morgan fingerprint density at radius 2 is 2.08 bits per heavy atom. The van der Waals surface area contributed by atoms with Gasteiger partial charge in [-0.3, -0.25) is 0 Å². The fourth-order valence-corrected chi connectivity index (χ4v) is 2.15. The van der Waals surface area contributed by atoms with E-state index in [-0.39, 0.29) is 0 Å². The second-order valence-electron chi connectivity index (χ2n) is 4.33. The summed E-state index contributed by atoms with van der Waals surface area (Å²) >= 11 is 0. The molecule has 12 heavy (non-hydrogen) atoms. The maximum Gasteiger partial charge on any atom is 0.0557 e. The summed E-state index contributed by atoms with van der Waals surface area (Å²) in [5, 5.41) is 4.63. The molecule has 0 atom stereocenters. The van der Waals surface area contributed by atoms with E-state index >= 15 is 0 Å². The van der Waals surface area contributed by atoms with Crippen LogP contribution in [0.4, 0.5) is 0 Å². The van der Waals surface area contributed by atoms with Crippen molar-refractivity contribution in [2.75, 3.05) is 40.4 Å². The number of ether oxygens (including phenoxy) is 1. The molecule has 0 N–H and O–H groups in total. The second-order valence-corrected chi connectivity index (χ2v) is 4.33. The van der Waals surface area contributed by atoms with Crippen molar-refractivity contribution in [3.63, 3.8) is 0 Å². The van der Waals surface area contributed by atoms with Crippen LogP contribution in [0.3, 0.4) is 0 Å². The first-order valence-electron chi connectivity index (χ1n) is 4.72. The molecular formula is C9H18N2O. The fourth-order valence-electron chi connectivity index (χ4n) is 2.15. The molecule has 0 aromatic carbocycles. The Morgan fingerprint density at radius 3 is 2.58 bits per heavy atom. The maximum atomic E-state index is 5.30. The van der Waals surface area contributed by atoms with E-state index in [1.807, 2.05) is 0 Å². The lowest BCUT2D eigenvalue weighted by Gasteiger charge is -2.49. The number of nitrogens with zero attached hydrogens (tertiary/aromatic N) is 2. The van der Waals surface area contributed by atoms with Crippen molar-refractivity contribution in [1.29, 1.82) is 0 Å². The predicted octanol–water partition coefficient (Wildman–Crippen LogP) is 0.575. The van der Waals surface area contributed by atoms with Gasteiger partial charge in [0, 0.05) is 32.6 Å². The molecule has 0 amide bonds. The van der Waals surface area contributed by atoms with E-state index in [1.54, 1.807) is 0 Å². The molecule has 2 rings (SSSR count). The summed E-state index contributed by atoms with van der Waals surface area (Å²) in [7, 11) is 4.25. The van der Waals surface area contributed by atoms with Crippen LogP contribution in [0.2, 0.25) is 0 Å². The average molecular weight is 170 g/mol. The lowest BCUT2D eigenvalue weighted by Crippen LogP contribution is -2.57. The zero-order valence-electron chi connectivity index (χ0n) is 8.05. The van der Waals surface area contributed by atoms with Gasteiger partial charge in [-0.05, 0) is 12.8 Å². The van der Waals surface area contributed by atoms with Gasteiger partial charge < -0.3 is 4.74 Å². The summed E-state index contributed by atoms with van der Waals surface area (Å²) in [6.45, 7) is 4.38. The average Bonchev–Trinajstić information content (AvgIpc) is 2.02. The van der Waals surface area contributed by atoms with Gasteiger partial charge in [-0.15, -0.1) is 0 Å². The predicted molar refractivity (Wildman–Crippen MR) is 47.7 cm³/mol. The Kier molecular flexibility index (Phi) is 2.10. The molecule has 2 fully saturated rings. The first-order valence-corrected chi connectivity index (χ1v) is 4.72. The van der Waals surface area contributed by atoms with Gasteiger partial charge in [-0.1, -0.05) is 0 Å². The number of piperidine rings is 1. The molecule has 2 saturated heterocycles. The SMILES string of the molecule is CN(C)N1CCCC2(COC2)C1. The smallest absolute Gasteiger partial charge is 0.0557 e. The number of hydrazine groups is 1. The summed E-state index contributed by atoms with van der Waals surface area (Å²) in [6.07, 6.45) is 2.68. The van der Waals surface area contributed by atoms with Crippen LogP contribution in [0.1, 0.15) is 12.8 Å². The minimum absolute atomic E-state index is 0.516. The number of hydrogen-bond acceptors (Lipinski definition) is 3. The Bertz CT molecular complexity index is 166. The summed E-state index contributed by atoms with van der Waals surface area (Å²) in [5.41, 5.74) is 0.516. The molecule has 3 nitrogen and oxygen atoms in total. The molecule has 0 bridgehead atoms. The van der Waals surface area contributed by atoms with Crippen molar-refractivity contribution in [3.8, 4) is 0 Å². The van der Waals surface area contributed by atoms with E-state index in [4.69, 9.17) is 4.74 Å². The highest BCUT2D eigenvalue weighted by Crippen LogP contribution is 2.36. The van der Waals surface area contributed by atoms with Crippen molar-refractivity contribution >= 4 is 0 Å². The number of rotatable bonds is 1. The first kappa shape index (κ1) is 8.48. The van der Waals surface area contributed by atoms with Gasteiger partial charge >= 0.3 is 0 Å². The zero-order chi connectivity index (χ0) is 8.60. The normalized spacial score (nSPS) is 29.2. The zero-order valence-corrected chi connectivity index (χ0v) is 8.05. The van der Waals surface area contributed by atoms with Crippen LogP contribution in [-0.4, -0.2) is 50.4 Å². The minimum atomic E-state index is 0.516. The van der Waals surface area contributed by atoms with E-state index in [0.29, 0.717) is 5.41 Å². The largest absolute Gasteiger partial charge is 0.380 e. The lowest BCUT2D eigenvalue weighted by atomic mass is 9.79. The Balaban J connectivity index is 1.94. The minimum Gasteiger partial charge on any atom is -0.380 e. The van der Waals surface area contributed by atoms with Crippen LogP contribution in [0, 0.1) is 5.41 Å². The molecule has 2 aliphatic heterocycles. The van der Waals surface area contributed by atoms with Crippen LogP contribution in [-0.2, 0) is 4.74 Å². The quantitative estimate of drug-likeness (QED) is 0.572. The molecule has 70 valence electrons. The standard InChI is InChI=1S/C9H18N2O/c1-10(2)11-5-3-4-9(6-11)7-12-8-9/h3-8H2,1-2H3. The van der Waals surface area contributed by atoms with Gasteiger partial charge in [0.15, 0.2) is 0 Å². The molecule has 2 heterocycles. The fraction of sp³-hybridized carbons (Fsp3) is 1.00. The highest BCUT2D eigenvalue weighted by atomic mass is 16.5. The molecule has 0 saturated carbocycles. The Labute approximate surface area is 74.3 Å². The summed E-state index contributed by atoms with van der Waals surface area (Å²) < 4.78 is 5.30. The highest BCUT2D eigenvalue weighted by molar-refractivity contribution is 4.90. The molecule has 0 aliphatic carbocycles. The molecule has 0 aromatic heterocycles. The van der Waals surface area contributed by atoms with Gasteiger partial charge in [0.1, 0.15) is 0 Å². The van der Waals surface area contributed by atoms with Gasteiger partial charge in [0.2, 0.25) is 0 Å². The van der Waals surface area contributed by atoms with Gasteiger partial charge in [0.25, 0.3) is 0 Å². The van der Waals surface area contributed by atoms with Gasteiger partial charge in [-0.2, -0.15) is 0 Å². The topological polar surface area (TPSA) is 15.7 Å². The second kappa shape index (κ2) is 2.98. The van der Waals surface area contributed by atoms with E-state index in [2.05, 4.69) is 24.1 Å². The van der Waals surface area contributed by atoms with E-state index in [9.17, 15) is 0 Å². The number of hydrogen-bond donors (Lipinski definition) is 0.